The number of hydrogen-bond acceptors (Lipinski definition) is 3. The third-order valence-corrected chi connectivity index (χ3v) is 5.26. The average molecular weight is 485 g/mol. The smallest absolute Gasteiger partial charge is 0.175 e. The van der Waals surface area contributed by atoms with Crippen molar-refractivity contribution in [3.8, 4) is 11.3 Å². The SMILES string of the molecule is Cn1cc(NC(=S)Nc2ccc(I)c(-c3nccc4ccccc34)c2)cn1. The van der Waals surface area contributed by atoms with Crippen molar-refractivity contribution >= 4 is 62.1 Å². The number of aryl methyl sites for hydroxylation is 1. The Balaban J connectivity index is 1.64. The van der Waals surface area contributed by atoms with Crippen LogP contribution in [0.25, 0.3) is 22.0 Å². The lowest BCUT2D eigenvalue weighted by Gasteiger charge is -2.13. The molecule has 4 rings (SSSR count). The molecular formula is C20H16IN5S. The van der Waals surface area contributed by atoms with Gasteiger partial charge in [-0.25, -0.2) is 0 Å². The van der Waals surface area contributed by atoms with Gasteiger partial charge >= 0.3 is 0 Å². The number of fused-ring (bicyclic) bond motifs is 1. The van der Waals surface area contributed by atoms with Crippen molar-refractivity contribution in [3.63, 3.8) is 0 Å². The Hall–Kier alpha value is -2.52. The molecule has 0 atom stereocenters. The van der Waals surface area contributed by atoms with Gasteiger partial charge in [0.25, 0.3) is 0 Å². The predicted octanol–water partition coefficient (Wildman–Crippen LogP) is 5.05. The minimum atomic E-state index is 0.515. The van der Waals surface area contributed by atoms with E-state index in [0.717, 1.165) is 31.6 Å². The maximum absolute atomic E-state index is 5.42. The first-order valence-electron chi connectivity index (χ1n) is 8.30. The van der Waals surface area contributed by atoms with Crippen molar-refractivity contribution in [3.05, 3.63) is 70.7 Å². The molecule has 27 heavy (non-hydrogen) atoms. The summed E-state index contributed by atoms with van der Waals surface area (Å²) in [4.78, 5) is 4.64. The molecule has 0 aliphatic carbocycles. The van der Waals surface area contributed by atoms with Crippen LogP contribution in [0.5, 0.6) is 0 Å². The van der Waals surface area contributed by atoms with Gasteiger partial charge in [-0.15, -0.1) is 0 Å². The van der Waals surface area contributed by atoms with E-state index in [9.17, 15) is 0 Å². The van der Waals surface area contributed by atoms with Gasteiger partial charge in [-0.3, -0.25) is 9.67 Å². The highest BCUT2D eigenvalue weighted by Crippen LogP contribution is 2.32. The number of anilines is 2. The van der Waals surface area contributed by atoms with Crippen LogP contribution in [0.3, 0.4) is 0 Å². The normalized spacial score (nSPS) is 10.7. The molecule has 0 aliphatic rings. The van der Waals surface area contributed by atoms with Crippen LogP contribution in [0.4, 0.5) is 11.4 Å². The fraction of sp³-hybridized carbons (Fsp3) is 0.0500. The Bertz CT molecular complexity index is 1130. The second-order valence-corrected chi connectivity index (χ2v) is 7.63. The van der Waals surface area contributed by atoms with E-state index in [1.165, 1.54) is 5.39 Å². The maximum Gasteiger partial charge on any atom is 0.175 e. The number of thiocarbonyl (C=S) groups is 1. The molecule has 2 aromatic heterocycles. The minimum Gasteiger partial charge on any atom is -0.332 e. The fourth-order valence-electron chi connectivity index (χ4n) is 2.90. The first kappa shape index (κ1) is 17.9. The Kier molecular flexibility index (Phi) is 5.04. The van der Waals surface area contributed by atoms with Gasteiger partial charge in [-0.2, -0.15) is 5.10 Å². The van der Waals surface area contributed by atoms with E-state index in [2.05, 4.69) is 67.6 Å². The van der Waals surface area contributed by atoms with Crippen molar-refractivity contribution in [1.82, 2.24) is 14.8 Å². The lowest BCUT2D eigenvalue weighted by molar-refractivity contribution is 0.768. The summed E-state index contributed by atoms with van der Waals surface area (Å²) in [6.07, 6.45) is 5.45. The summed E-state index contributed by atoms with van der Waals surface area (Å²) in [6, 6.07) is 16.5. The van der Waals surface area contributed by atoms with Crippen LogP contribution in [0, 0.1) is 3.57 Å². The van der Waals surface area contributed by atoms with Crippen LogP contribution in [-0.2, 0) is 7.05 Å². The average Bonchev–Trinajstić information content (AvgIpc) is 3.07. The van der Waals surface area contributed by atoms with Crippen LogP contribution in [0.1, 0.15) is 0 Å². The molecule has 2 aromatic carbocycles. The van der Waals surface area contributed by atoms with Crippen molar-refractivity contribution in [2.45, 2.75) is 0 Å². The number of nitrogens with zero attached hydrogens (tertiary/aromatic N) is 3. The Morgan fingerprint density at radius 1 is 1.07 bits per heavy atom. The molecule has 0 amide bonds. The van der Waals surface area contributed by atoms with E-state index in [1.54, 1.807) is 10.9 Å². The second kappa shape index (κ2) is 7.61. The summed E-state index contributed by atoms with van der Waals surface area (Å²) < 4.78 is 2.85. The third kappa shape index (κ3) is 3.93. The first-order chi connectivity index (χ1) is 13.1. The third-order valence-electron chi connectivity index (χ3n) is 4.12. The number of aromatic nitrogens is 3. The largest absolute Gasteiger partial charge is 0.332 e. The zero-order valence-corrected chi connectivity index (χ0v) is 17.5. The maximum atomic E-state index is 5.42. The number of nitrogens with one attached hydrogen (secondary N) is 2. The van der Waals surface area contributed by atoms with Gasteiger partial charge in [-0.1, -0.05) is 24.3 Å². The lowest BCUT2D eigenvalue weighted by Crippen LogP contribution is -2.18. The number of hydrogen-bond donors (Lipinski definition) is 2. The molecule has 5 nitrogen and oxygen atoms in total. The van der Waals surface area contributed by atoms with Crippen molar-refractivity contribution in [1.29, 1.82) is 0 Å². The number of pyridine rings is 1. The molecule has 0 unspecified atom stereocenters. The molecule has 134 valence electrons. The minimum absolute atomic E-state index is 0.515. The lowest BCUT2D eigenvalue weighted by atomic mass is 10.0. The van der Waals surface area contributed by atoms with Crippen LogP contribution < -0.4 is 10.6 Å². The topological polar surface area (TPSA) is 54.8 Å². The molecule has 0 saturated heterocycles. The number of halogens is 1. The summed E-state index contributed by atoms with van der Waals surface area (Å²) in [5.74, 6) is 0. The second-order valence-electron chi connectivity index (χ2n) is 6.06. The van der Waals surface area contributed by atoms with Crippen molar-refractivity contribution < 1.29 is 0 Å². The Morgan fingerprint density at radius 3 is 2.70 bits per heavy atom. The van der Waals surface area contributed by atoms with Crippen LogP contribution in [0.15, 0.2) is 67.1 Å². The van der Waals surface area contributed by atoms with Crippen LogP contribution in [0.2, 0.25) is 0 Å². The molecular weight excluding hydrogens is 469 g/mol. The van der Waals surface area contributed by atoms with Gasteiger partial charge in [0, 0.05) is 39.6 Å². The van der Waals surface area contributed by atoms with Gasteiger partial charge < -0.3 is 10.6 Å². The Labute approximate surface area is 176 Å². The van der Waals surface area contributed by atoms with E-state index in [4.69, 9.17) is 12.2 Å². The summed E-state index contributed by atoms with van der Waals surface area (Å²) in [7, 11) is 1.87. The highest BCUT2D eigenvalue weighted by molar-refractivity contribution is 14.1. The molecule has 0 spiro atoms. The van der Waals surface area contributed by atoms with Crippen molar-refractivity contribution in [2.75, 3.05) is 10.6 Å². The predicted molar refractivity (Wildman–Crippen MR) is 123 cm³/mol. The van der Waals surface area contributed by atoms with Gasteiger partial charge in [0.1, 0.15) is 0 Å². The number of benzene rings is 2. The monoisotopic (exact) mass is 485 g/mol. The van der Waals surface area contributed by atoms with E-state index in [1.807, 2.05) is 43.7 Å². The zero-order valence-electron chi connectivity index (χ0n) is 14.5. The molecule has 2 heterocycles. The van der Waals surface area contributed by atoms with E-state index in [-0.39, 0.29) is 0 Å². The van der Waals surface area contributed by atoms with Crippen molar-refractivity contribution in [2.24, 2.45) is 7.05 Å². The van der Waals surface area contributed by atoms with Gasteiger partial charge in [0.15, 0.2) is 5.11 Å². The van der Waals surface area contributed by atoms with Gasteiger partial charge in [0.2, 0.25) is 0 Å². The molecule has 7 heteroatoms. The molecule has 0 radical (unpaired) electrons. The van der Waals surface area contributed by atoms with E-state index >= 15 is 0 Å². The molecule has 4 aromatic rings. The standard InChI is InChI=1S/C20H16IN5S/c1-26-12-15(11-23-26)25-20(27)24-14-6-7-18(21)17(10-14)19-16-5-3-2-4-13(16)8-9-22-19/h2-12H,1H3,(H2,24,25,27). The van der Waals surface area contributed by atoms with E-state index in [0.29, 0.717) is 5.11 Å². The van der Waals surface area contributed by atoms with Gasteiger partial charge in [-0.05, 0) is 64.5 Å². The highest BCUT2D eigenvalue weighted by Gasteiger charge is 2.10. The van der Waals surface area contributed by atoms with Gasteiger partial charge in [0.05, 0.1) is 17.6 Å². The Morgan fingerprint density at radius 2 is 1.89 bits per heavy atom. The molecule has 0 bridgehead atoms. The quantitative estimate of drug-likeness (QED) is 0.314. The van der Waals surface area contributed by atoms with Crippen LogP contribution >= 0.6 is 34.8 Å². The molecule has 0 saturated carbocycles. The molecule has 0 fully saturated rings. The van der Waals surface area contributed by atoms with Crippen LogP contribution in [-0.4, -0.2) is 19.9 Å². The summed E-state index contributed by atoms with van der Waals surface area (Å²) in [5, 5.41) is 13.3. The highest BCUT2D eigenvalue weighted by atomic mass is 127. The molecule has 2 N–H and O–H groups in total. The fourth-order valence-corrected chi connectivity index (χ4v) is 3.72. The first-order valence-corrected chi connectivity index (χ1v) is 9.79. The zero-order chi connectivity index (χ0) is 18.8. The summed E-state index contributed by atoms with van der Waals surface area (Å²) in [6.45, 7) is 0. The molecule has 0 aliphatic heterocycles. The summed E-state index contributed by atoms with van der Waals surface area (Å²) in [5.41, 5.74) is 3.78. The number of rotatable bonds is 3. The summed E-state index contributed by atoms with van der Waals surface area (Å²) >= 11 is 7.76. The van der Waals surface area contributed by atoms with E-state index < -0.39 is 0 Å².